The van der Waals surface area contributed by atoms with Crippen LogP contribution >= 0.6 is 0 Å². The van der Waals surface area contributed by atoms with E-state index in [4.69, 9.17) is 9.47 Å². The second-order valence-electron chi connectivity index (χ2n) is 3.73. The van der Waals surface area contributed by atoms with Crippen LogP contribution in [-0.2, 0) is 6.54 Å². The molecule has 1 aromatic heterocycles. The van der Waals surface area contributed by atoms with Crippen molar-refractivity contribution in [2.45, 2.75) is 6.54 Å². The van der Waals surface area contributed by atoms with Gasteiger partial charge in [0.15, 0.2) is 17.2 Å². The average Bonchev–Trinajstić information content (AvgIpc) is 3.05. The van der Waals surface area contributed by atoms with E-state index in [1.807, 2.05) is 18.2 Å². The number of aromatic amines is 1. The third kappa shape index (κ3) is 1.97. The van der Waals surface area contributed by atoms with Crippen LogP contribution in [0.15, 0.2) is 24.4 Å². The Morgan fingerprint density at radius 2 is 2.28 bits per heavy atom. The topological polar surface area (TPSA) is 89.1 Å². The van der Waals surface area contributed by atoms with E-state index >= 15 is 0 Å². The largest absolute Gasteiger partial charge is 0.454 e. The number of carbonyl (C=O) groups excluding carboxylic acids is 1. The molecule has 3 rings (SSSR count). The van der Waals surface area contributed by atoms with Gasteiger partial charge in [-0.25, -0.2) is 0 Å². The molecular formula is C11H10N4O3. The van der Waals surface area contributed by atoms with Gasteiger partial charge in [-0.15, -0.1) is 0 Å². The molecule has 2 N–H and O–H groups in total. The SMILES string of the molecule is O=C(NCc1ccc2c(c1)OCO2)c1cn[nH]n1. The second kappa shape index (κ2) is 4.36. The molecule has 0 fully saturated rings. The first-order valence-electron chi connectivity index (χ1n) is 5.35. The first kappa shape index (κ1) is 10.6. The smallest absolute Gasteiger partial charge is 0.273 e. The van der Waals surface area contributed by atoms with Gasteiger partial charge in [0.2, 0.25) is 6.79 Å². The highest BCUT2D eigenvalue weighted by Crippen LogP contribution is 2.32. The number of hydrogen-bond donors (Lipinski definition) is 2. The Bertz CT molecular complexity index is 568. The predicted octanol–water partition coefficient (Wildman–Crippen LogP) is 0.463. The summed E-state index contributed by atoms with van der Waals surface area (Å²) in [5.41, 5.74) is 1.19. The number of H-pyrrole nitrogens is 1. The number of rotatable bonds is 3. The highest BCUT2D eigenvalue weighted by Gasteiger charge is 2.14. The van der Waals surface area contributed by atoms with Crippen molar-refractivity contribution in [1.29, 1.82) is 0 Å². The summed E-state index contributed by atoms with van der Waals surface area (Å²) in [4.78, 5) is 11.6. The van der Waals surface area contributed by atoms with E-state index in [1.54, 1.807) is 0 Å². The van der Waals surface area contributed by atoms with Gasteiger partial charge in [-0.1, -0.05) is 6.07 Å². The van der Waals surface area contributed by atoms with Crippen LogP contribution in [0, 0.1) is 0 Å². The Kier molecular flexibility index (Phi) is 2.56. The summed E-state index contributed by atoms with van der Waals surface area (Å²) in [7, 11) is 0. The first-order valence-corrected chi connectivity index (χ1v) is 5.35. The summed E-state index contributed by atoms with van der Waals surface area (Å²) in [6.45, 7) is 0.631. The molecule has 1 aliphatic rings. The lowest BCUT2D eigenvalue weighted by Gasteiger charge is -2.04. The molecule has 0 radical (unpaired) electrons. The van der Waals surface area contributed by atoms with Crippen molar-refractivity contribution in [3.63, 3.8) is 0 Å². The van der Waals surface area contributed by atoms with E-state index in [0.717, 1.165) is 11.3 Å². The van der Waals surface area contributed by atoms with E-state index < -0.39 is 0 Å². The summed E-state index contributed by atoms with van der Waals surface area (Å²) in [5.74, 6) is 1.14. The maximum Gasteiger partial charge on any atom is 0.273 e. The Morgan fingerprint density at radius 3 is 3.11 bits per heavy atom. The molecule has 0 aliphatic carbocycles. The van der Waals surface area contributed by atoms with Crippen molar-refractivity contribution < 1.29 is 14.3 Å². The first-order chi connectivity index (χ1) is 8.83. The number of ether oxygens (including phenoxy) is 2. The monoisotopic (exact) mass is 246 g/mol. The summed E-state index contributed by atoms with van der Waals surface area (Å²) in [5, 5.41) is 12.4. The quantitative estimate of drug-likeness (QED) is 0.821. The molecule has 1 aromatic carbocycles. The number of aromatic nitrogens is 3. The fraction of sp³-hybridized carbons (Fsp3) is 0.182. The second-order valence-corrected chi connectivity index (χ2v) is 3.73. The molecule has 0 saturated heterocycles. The van der Waals surface area contributed by atoms with Crippen molar-refractivity contribution in [3.05, 3.63) is 35.7 Å². The molecule has 0 atom stereocenters. The molecule has 18 heavy (non-hydrogen) atoms. The van der Waals surface area contributed by atoms with Crippen molar-refractivity contribution in [1.82, 2.24) is 20.7 Å². The molecule has 2 aromatic rings. The number of benzene rings is 1. The number of hydrogen-bond acceptors (Lipinski definition) is 5. The van der Waals surface area contributed by atoms with E-state index in [2.05, 4.69) is 20.7 Å². The predicted molar refractivity (Wildman–Crippen MR) is 60.1 cm³/mol. The molecule has 0 unspecified atom stereocenters. The van der Waals surface area contributed by atoms with E-state index in [-0.39, 0.29) is 18.4 Å². The Balaban J connectivity index is 1.65. The van der Waals surface area contributed by atoms with Gasteiger partial charge in [0.25, 0.3) is 5.91 Å². The lowest BCUT2D eigenvalue weighted by molar-refractivity contribution is 0.0946. The number of amides is 1. The minimum Gasteiger partial charge on any atom is -0.454 e. The molecule has 7 heteroatoms. The van der Waals surface area contributed by atoms with Gasteiger partial charge >= 0.3 is 0 Å². The third-order valence-corrected chi connectivity index (χ3v) is 2.54. The van der Waals surface area contributed by atoms with Crippen LogP contribution in [0.1, 0.15) is 16.1 Å². The van der Waals surface area contributed by atoms with Crippen LogP contribution in [0.3, 0.4) is 0 Å². The molecule has 7 nitrogen and oxygen atoms in total. The zero-order valence-electron chi connectivity index (χ0n) is 9.34. The van der Waals surface area contributed by atoms with Gasteiger partial charge in [-0.3, -0.25) is 4.79 Å². The molecule has 2 heterocycles. The highest BCUT2D eigenvalue weighted by molar-refractivity contribution is 5.91. The van der Waals surface area contributed by atoms with Crippen molar-refractivity contribution >= 4 is 5.91 Å². The van der Waals surface area contributed by atoms with Crippen molar-refractivity contribution in [2.24, 2.45) is 0 Å². The minimum atomic E-state index is -0.276. The lowest BCUT2D eigenvalue weighted by Crippen LogP contribution is -2.23. The Morgan fingerprint density at radius 1 is 1.39 bits per heavy atom. The van der Waals surface area contributed by atoms with Gasteiger partial charge in [-0.05, 0) is 17.7 Å². The van der Waals surface area contributed by atoms with Crippen LogP contribution in [-0.4, -0.2) is 28.1 Å². The van der Waals surface area contributed by atoms with Gasteiger partial charge in [0, 0.05) is 6.54 Å². The fourth-order valence-electron chi connectivity index (χ4n) is 1.63. The molecule has 0 spiro atoms. The number of nitrogens with one attached hydrogen (secondary N) is 2. The lowest BCUT2D eigenvalue weighted by atomic mass is 10.2. The minimum absolute atomic E-state index is 0.240. The summed E-state index contributed by atoms with van der Waals surface area (Å²) in [6.07, 6.45) is 1.37. The van der Waals surface area contributed by atoms with Crippen LogP contribution in [0.25, 0.3) is 0 Å². The summed E-state index contributed by atoms with van der Waals surface area (Å²) in [6, 6.07) is 5.53. The number of carbonyl (C=O) groups is 1. The van der Waals surface area contributed by atoms with Gasteiger partial charge < -0.3 is 14.8 Å². The van der Waals surface area contributed by atoms with E-state index in [1.165, 1.54) is 6.20 Å². The zero-order chi connectivity index (χ0) is 12.4. The van der Waals surface area contributed by atoms with Crippen molar-refractivity contribution in [2.75, 3.05) is 6.79 Å². The highest BCUT2D eigenvalue weighted by atomic mass is 16.7. The third-order valence-electron chi connectivity index (χ3n) is 2.54. The van der Waals surface area contributed by atoms with Gasteiger partial charge in [-0.2, -0.15) is 15.4 Å². The number of nitrogens with zero attached hydrogens (tertiary/aromatic N) is 2. The maximum atomic E-state index is 11.6. The van der Waals surface area contributed by atoms with Crippen molar-refractivity contribution in [3.8, 4) is 11.5 Å². The van der Waals surface area contributed by atoms with Crippen LogP contribution in [0.4, 0.5) is 0 Å². The molecular weight excluding hydrogens is 236 g/mol. The molecule has 0 bridgehead atoms. The van der Waals surface area contributed by atoms with Crippen LogP contribution in [0.2, 0.25) is 0 Å². The molecule has 1 amide bonds. The van der Waals surface area contributed by atoms with Gasteiger partial charge in [0.05, 0.1) is 6.20 Å². The van der Waals surface area contributed by atoms with E-state index in [9.17, 15) is 4.79 Å². The molecule has 1 aliphatic heterocycles. The summed E-state index contributed by atoms with van der Waals surface area (Å²) < 4.78 is 10.5. The van der Waals surface area contributed by atoms with Crippen LogP contribution < -0.4 is 14.8 Å². The average molecular weight is 246 g/mol. The zero-order valence-corrected chi connectivity index (χ0v) is 9.34. The standard InChI is InChI=1S/C11H10N4O3/c16-11(8-5-13-15-14-8)12-4-7-1-2-9-10(3-7)18-6-17-9/h1-3,5H,4,6H2,(H,12,16)(H,13,14,15). The van der Waals surface area contributed by atoms with Crippen LogP contribution in [0.5, 0.6) is 11.5 Å². The molecule has 0 saturated carbocycles. The Labute approximate surface area is 102 Å². The maximum absolute atomic E-state index is 11.6. The van der Waals surface area contributed by atoms with E-state index in [0.29, 0.717) is 12.3 Å². The molecule has 92 valence electrons. The Hall–Kier alpha value is -2.57. The number of fused-ring (bicyclic) bond motifs is 1. The van der Waals surface area contributed by atoms with Gasteiger partial charge in [0.1, 0.15) is 0 Å². The fourth-order valence-corrected chi connectivity index (χ4v) is 1.63. The summed E-state index contributed by atoms with van der Waals surface area (Å²) >= 11 is 0. The normalized spacial score (nSPS) is 12.4.